The highest BCUT2D eigenvalue weighted by Crippen LogP contribution is 2.29. The summed E-state index contributed by atoms with van der Waals surface area (Å²) in [5.41, 5.74) is 9.36. The van der Waals surface area contributed by atoms with Gasteiger partial charge in [0.1, 0.15) is 0 Å². The molecule has 0 fully saturated rings. The summed E-state index contributed by atoms with van der Waals surface area (Å²) in [4.78, 5) is 12.3. The van der Waals surface area contributed by atoms with Gasteiger partial charge in [0.2, 0.25) is 0 Å². The summed E-state index contributed by atoms with van der Waals surface area (Å²) in [6.45, 7) is 3.77. The number of rotatable bonds is 2. The Morgan fingerprint density at radius 3 is 2.65 bits per heavy atom. The number of carbonyl (C=O) groups excluding carboxylic acids is 1. The normalized spacial score (nSPS) is 10.4. The summed E-state index contributed by atoms with van der Waals surface area (Å²) in [7, 11) is 0. The summed E-state index contributed by atoms with van der Waals surface area (Å²) < 4.78 is 0.779. The standard InChI is InChI=1S/C15H14BrClN2O/c1-8-4-3-5-10(14(8)17)15(20)19-13-7-12(18)9(2)6-11(13)16/h3-7H,18H2,1-2H3,(H,19,20). The van der Waals surface area contributed by atoms with Gasteiger partial charge in [-0.15, -0.1) is 0 Å². The molecular formula is C15H14BrClN2O. The Morgan fingerprint density at radius 2 is 1.95 bits per heavy atom. The molecule has 0 saturated heterocycles. The molecule has 0 spiro atoms. The molecule has 0 bridgehead atoms. The van der Waals surface area contributed by atoms with Crippen molar-refractivity contribution >= 4 is 44.8 Å². The first kappa shape index (κ1) is 14.9. The van der Waals surface area contributed by atoms with Crippen LogP contribution in [0.15, 0.2) is 34.8 Å². The Balaban J connectivity index is 2.33. The van der Waals surface area contributed by atoms with Gasteiger partial charge in [-0.05, 0) is 59.1 Å². The van der Waals surface area contributed by atoms with Gasteiger partial charge in [-0.2, -0.15) is 0 Å². The molecule has 0 aliphatic rings. The van der Waals surface area contributed by atoms with E-state index in [-0.39, 0.29) is 5.91 Å². The minimum atomic E-state index is -0.261. The van der Waals surface area contributed by atoms with Crippen LogP contribution < -0.4 is 11.1 Å². The van der Waals surface area contributed by atoms with Crippen LogP contribution in [-0.2, 0) is 0 Å². The number of hydrogen-bond acceptors (Lipinski definition) is 2. The van der Waals surface area contributed by atoms with E-state index < -0.39 is 0 Å². The first-order chi connectivity index (χ1) is 9.40. The third kappa shape index (κ3) is 2.97. The Hall–Kier alpha value is -1.52. The molecule has 0 atom stereocenters. The van der Waals surface area contributed by atoms with Crippen LogP contribution in [0.5, 0.6) is 0 Å². The second-order valence-corrected chi connectivity index (χ2v) is 5.81. The van der Waals surface area contributed by atoms with Crippen LogP contribution in [0.2, 0.25) is 5.02 Å². The lowest BCUT2D eigenvalue weighted by atomic mass is 10.1. The van der Waals surface area contributed by atoms with Crippen molar-refractivity contribution < 1.29 is 4.79 Å². The Morgan fingerprint density at radius 1 is 1.25 bits per heavy atom. The smallest absolute Gasteiger partial charge is 0.257 e. The molecule has 104 valence electrons. The van der Waals surface area contributed by atoms with Gasteiger partial charge in [0, 0.05) is 10.2 Å². The van der Waals surface area contributed by atoms with Crippen molar-refractivity contribution in [1.29, 1.82) is 0 Å². The van der Waals surface area contributed by atoms with Gasteiger partial charge in [-0.3, -0.25) is 4.79 Å². The molecule has 0 unspecified atom stereocenters. The largest absolute Gasteiger partial charge is 0.398 e. The van der Waals surface area contributed by atoms with E-state index in [4.69, 9.17) is 17.3 Å². The number of halogens is 2. The van der Waals surface area contributed by atoms with E-state index in [1.54, 1.807) is 18.2 Å². The zero-order valence-electron chi connectivity index (χ0n) is 11.1. The molecule has 0 radical (unpaired) electrons. The molecule has 3 N–H and O–H groups in total. The fourth-order valence-corrected chi connectivity index (χ4v) is 2.57. The molecule has 0 heterocycles. The summed E-state index contributed by atoms with van der Waals surface area (Å²) >= 11 is 9.57. The average molecular weight is 354 g/mol. The SMILES string of the molecule is Cc1cc(Br)c(NC(=O)c2cccc(C)c2Cl)cc1N. The van der Waals surface area contributed by atoms with Gasteiger partial charge in [0.25, 0.3) is 5.91 Å². The van der Waals surface area contributed by atoms with Crippen molar-refractivity contribution in [2.24, 2.45) is 0 Å². The number of anilines is 2. The zero-order valence-corrected chi connectivity index (χ0v) is 13.5. The maximum atomic E-state index is 12.3. The van der Waals surface area contributed by atoms with Crippen LogP contribution in [-0.4, -0.2) is 5.91 Å². The van der Waals surface area contributed by atoms with Crippen molar-refractivity contribution in [3.63, 3.8) is 0 Å². The van der Waals surface area contributed by atoms with Crippen molar-refractivity contribution in [2.75, 3.05) is 11.1 Å². The number of nitrogens with one attached hydrogen (secondary N) is 1. The first-order valence-electron chi connectivity index (χ1n) is 6.02. The molecular weight excluding hydrogens is 340 g/mol. The van der Waals surface area contributed by atoms with E-state index >= 15 is 0 Å². The van der Waals surface area contributed by atoms with E-state index in [1.807, 2.05) is 26.0 Å². The van der Waals surface area contributed by atoms with Crippen molar-refractivity contribution in [1.82, 2.24) is 0 Å². The molecule has 3 nitrogen and oxygen atoms in total. The van der Waals surface area contributed by atoms with Crippen LogP contribution in [0.1, 0.15) is 21.5 Å². The lowest BCUT2D eigenvalue weighted by Crippen LogP contribution is -2.13. The third-order valence-corrected chi connectivity index (χ3v) is 4.20. The molecule has 0 saturated carbocycles. The highest BCUT2D eigenvalue weighted by Gasteiger charge is 2.13. The third-order valence-electron chi connectivity index (χ3n) is 3.04. The Labute approximate surface area is 131 Å². The van der Waals surface area contributed by atoms with Crippen molar-refractivity contribution in [2.45, 2.75) is 13.8 Å². The molecule has 20 heavy (non-hydrogen) atoms. The van der Waals surface area contributed by atoms with E-state index in [0.29, 0.717) is 22.0 Å². The molecule has 5 heteroatoms. The average Bonchev–Trinajstić information content (AvgIpc) is 2.39. The minimum Gasteiger partial charge on any atom is -0.398 e. The molecule has 0 aromatic heterocycles. The van der Waals surface area contributed by atoms with Crippen molar-refractivity contribution in [3.8, 4) is 0 Å². The lowest BCUT2D eigenvalue weighted by molar-refractivity contribution is 0.102. The lowest BCUT2D eigenvalue weighted by Gasteiger charge is -2.11. The van der Waals surface area contributed by atoms with Gasteiger partial charge in [0.05, 0.1) is 16.3 Å². The number of hydrogen-bond donors (Lipinski definition) is 2. The predicted octanol–water partition coefficient (Wildman–Crippen LogP) is 4.55. The van der Waals surface area contributed by atoms with Gasteiger partial charge >= 0.3 is 0 Å². The number of carbonyl (C=O) groups is 1. The Kier molecular flexibility index (Phi) is 4.35. The van der Waals surface area contributed by atoms with Crippen LogP contribution in [0.3, 0.4) is 0 Å². The number of nitrogen functional groups attached to an aromatic ring is 1. The van der Waals surface area contributed by atoms with Gasteiger partial charge in [0.15, 0.2) is 0 Å². The predicted molar refractivity (Wildman–Crippen MR) is 87.4 cm³/mol. The molecule has 0 aliphatic carbocycles. The number of nitrogens with two attached hydrogens (primary N) is 1. The zero-order chi connectivity index (χ0) is 14.9. The number of aryl methyl sites for hydroxylation is 2. The van der Waals surface area contributed by atoms with E-state index in [1.165, 1.54) is 0 Å². The van der Waals surface area contributed by atoms with E-state index in [2.05, 4.69) is 21.2 Å². The fraction of sp³-hybridized carbons (Fsp3) is 0.133. The van der Waals surface area contributed by atoms with Gasteiger partial charge in [-0.25, -0.2) is 0 Å². The second kappa shape index (κ2) is 5.85. The van der Waals surface area contributed by atoms with Crippen LogP contribution in [0.25, 0.3) is 0 Å². The molecule has 2 aromatic rings. The molecule has 2 rings (SSSR count). The maximum Gasteiger partial charge on any atom is 0.257 e. The van der Waals surface area contributed by atoms with Gasteiger partial charge in [-0.1, -0.05) is 23.7 Å². The van der Waals surface area contributed by atoms with Crippen molar-refractivity contribution in [3.05, 3.63) is 56.5 Å². The highest BCUT2D eigenvalue weighted by atomic mass is 79.9. The maximum absolute atomic E-state index is 12.3. The van der Waals surface area contributed by atoms with Crippen LogP contribution in [0, 0.1) is 13.8 Å². The monoisotopic (exact) mass is 352 g/mol. The van der Waals surface area contributed by atoms with Crippen LogP contribution in [0.4, 0.5) is 11.4 Å². The fourth-order valence-electron chi connectivity index (χ4n) is 1.80. The molecule has 1 amide bonds. The number of amides is 1. The Bertz CT molecular complexity index is 686. The topological polar surface area (TPSA) is 55.1 Å². The molecule has 0 aliphatic heterocycles. The first-order valence-corrected chi connectivity index (χ1v) is 7.19. The van der Waals surface area contributed by atoms with E-state index in [0.717, 1.165) is 15.6 Å². The van der Waals surface area contributed by atoms with Gasteiger partial charge < -0.3 is 11.1 Å². The minimum absolute atomic E-state index is 0.261. The highest BCUT2D eigenvalue weighted by molar-refractivity contribution is 9.10. The molecule has 2 aromatic carbocycles. The summed E-state index contributed by atoms with van der Waals surface area (Å²) in [5.74, 6) is -0.261. The summed E-state index contributed by atoms with van der Waals surface area (Å²) in [5, 5.41) is 3.27. The summed E-state index contributed by atoms with van der Waals surface area (Å²) in [6, 6.07) is 8.94. The second-order valence-electron chi connectivity index (χ2n) is 4.58. The quantitative estimate of drug-likeness (QED) is 0.778. The number of benzene rings is 2. The van der Waals surface area contributed by atoms with Crippen LogP contribution >= 0.6 is 27.5 Å². The summed E-state index contributed by atoms with van der Waals surface area (Å²) in [6.07, 6.45) is 0. The van der Waals surface area contributed by atoms with E-state index in [9.17, 15) is 4.79 Å².